The Morgan fingerprint density at radius 1 is 1.44 bits per heavy atom. The fourth-order valence-corrected chi connectivity index (χ4v) is 2.54. The van der Waals surface area contributed by atoms with Gasteiger partial charge in [0.25, 0.3) is 5.91 Å². The third kappa shape index (κ3) is 3.53. The van der Waals surface area contributed by atoms with Crippen LogP contribution in [0.25, 0.3) is 0 Å². The molecular weight excluding hydrogens is 341 g/mol. The molecule has 0 saturated carbocycles. The Labute approximate surface area is 125 Å². The molecule has 3 nitrogen and oxygen atoms in total. The van der Waals surface area contributed by atoms with Gasteiger partial charge in [0.15, 0.2) is 0 Å². The zero-order valence-electron chi connectivity index (χ0n) is 9.84. The number of phenolic OH excluding ortho intramolecular Hbond substituents is 1. The molecule has 2 N–H and O–H groups in total. The van der Waals surface area contributed by atoms with E-state index in [0.717, 1.165) is 0 Å². The Balaban J connectivity index is 2.97. The topological polar surface area (TPSA) is 49.3 Å². The third-order valence-corrected chi connectivity index (χ3v) is 4.29. The summed E-state index contributed by atoms with van der Waals surface area (Å²) in [6, 6.07) is 4.66. The molecule has 1 aromatic rings. The molecule has 0 spiro atoms. The first-order valence-electron chi connectivity index (χ1n) is 5.41. The highest BCUT2D eigenvalue weighted by molar-refractivity contribution is 9.10. The van der Waals surface area contributed by atoms with Gasteiger partial charge in [-0.05, 0) is 24.6 Å². The number of halogens is 3. The number of aromatic hydroxyl groups is 1. The zero-order valence-corrected chi connectivity index (χ0v) is 12.9. The lowest BCUT2D eigenvalue weighted by Crippen LogP contribution is -2.51. The maximum Gasteiger partial charge on any atom is 0.255 e. The summed E-state index contributed by atoms with van der Waals surface area (Å²) in [6.45, 7) is 1.89. The maximum atomic E-state index is 12.1. The smallest absolute Gasteiger partial charge is 0.255 e. The number of alkyl halides is 2. The summed E-state index contributed by atoms with van der Waals surface area (Å²) < 4.78 is 0.712. The van der Waals surface area contributed by atoms with Gasteiger partial charge in [0.05, 0.1) is 11.1 Å². The Morgan fingerprint density at radius 2 is 2.06 bits per heavy atom. The van der Waals surface area contributed by atoms with Crippen LogP contribution in [-0.2, 0) is 0 Å². The lowest BCUT2D eigenvalue weighted by atomic mass is 10.0. The molecule has 0 atom stereocenters. The van der Waals surface area contributed by atoms with E-state index >= 15 is 0 Å². The highest BCUT2D eigenvalue weighted by Crippen LogP contribution is 2.23. The number of carbonyl (C=O) groups excluding carboxylic acids is 1. The number of hydrogen-bond acceptors (Lipinski definition) is 2. The van der Waals surface area contributed by atoms with Crippen LogP contribution in [-0.4, -0.2) is 28.3 Å². The summed E-state index contributed by atoms with van der Waals surface area (Å²) in [4.78, 5) is 12.1. The van der Waals surface area contributed by atoms with Crippen LogP contribution in [0.2, 0.25) is 0 Å². The Morgan fingerprint density at radius 3 is 2.56 bits per heavy atom. The van der Waals surface area contributed by atoms with Crippen molar-refractivity contribution < 1.29 is 9.90 Å². The zero-order chi connectivity index (χ0) is 13.8. The molecule has 1 rings (SSSR count). The molecule has 0 aromatic heterocycles. The average molecular weight is 355 g/mol. The lowest BCUT2D eigenvalue weighted by molar-refractivity contribution is 0.0911. The summed E-state index contributed by atoms with van der Waals surface area (Å²) in [5, 5.41) is 12.5. The maximum absolute atomic E-state index is 12.1. The van der Waals surface area contributed by atoms with Crippen LogP contribution in [0.5, 0.6) is 5.75 Å². The van der Waals surface area contributed by atoms with Crippen LogP contribution < -0.4 is 5.32 Å². The molecule has 0 aliphatic carbocycles. The van der Waals surface area contributed by atoms with E-state index < -0.39 is 11.4 Å². The standard InChI is InChI=1S/C12H14BrCl2NO2/c1-2-12(6-14,7-15)16-11(18)9-5-8(13)3-4-10(9)17/h3-5,17H,2,6-7H2,1H3,(H,16,18). The van der Waals surface area contributed by atoms with E-state index in [9.17, 15) is 9.90 Å². The fourth-order valence-electron chi connectivity index (χ4n) is 1.38. The molecule has 18 heavy (non-hydrogen) atoms. The number of benzene rings is 1. The van der Waals surface area contributed by atoms with Gasteiger partial charge < -0.3 is 10.4 Å². The SMILES string of the molecule is CCC(CCl)(CCl)NC(=O)c1cc(Br)ccc1O. The molecule has 1 amide bonds. The van der Waals surface area contributed by atoms with Crippen LogP contribution in [0, 0.1) is 0 Å². The van der Waals surface area contributed by atoms with E-state index in [-0.39, 0.29) is 23.1 Å². The number of nitrogens with one attached hydrogen (secondary N) is 1. The molecule has 1 aromatic carbocycles. The fraction of sp³-hybridized carbons (Fsp3) is 0.417. The van der Waals surface area contributed by atoms with Gasteiger partial charge in [0.1, 0.15) is 5.75 Å². The molecule has 0 bridgehead atoms. The quantitative estimate of drug-likeness (QED) is 0.795. The van der Waals surface area contributed by atoms with Crippen LogP contribution in [0.15, 0.2) is 22.7 Å². The normalized spacial score (nSPS) is 11.3. The first-order chi connectivity index (χ1) is 8.48. The van der Waals surface area contributed by atoms with Crippen molar-refractivity contribution in [2.45, 2.75) is 18.9 Å². The highest BCUT2D eigenvalue weighted by Gasteiger charge is 2.29. The van der Waals surface area contributed by atoms with Gasteiger partial charge in [-0.25, -0.2) is 0 Å². The van der Waals surface area contributed by atoms with E-state index in [1.165, 1.54) is 6.07 Å². The van der Waals surface area contributed by atoms with Crippen molar-refractivity contribution in [1.29, 1.82) is 0 Å². The Hall–Kier alpha value is -0.450. The predicted octanol–water partition coefficient (Wildman–Crippen LogP) is 3.51. The van der Waals surface area contributed by atoms with Crippen LogP contribution in [0.4, 0.5) is 0 Å². The lowest BCUT2D eigenvalue weighted by Gasteiger charge is -2.29. The average Bonchev–Trinajstić information content (AvgIpc) is 2.38. The number of amides is 1. The number of phenols is 1. The number of hydrogen-bond donors (Lipinski definition) is 2. The van der Waals surface area contributed by atoms with Crippen molar-refractivity contribution in [3.63, 3.8) is 0 Å². The molecule has 0 saturated heterocycles. The summed E-state index contributed by atoms with van der Waals surface area (Å²) >= 11 is 15.0. The van der Waals surface area contributed by atoms with Gasteiger partial charge in [-0.3, -0.25) is 4.79 Å². The number of rotatable bonds is 5. The molecule has 0 aliphatic rings. The summed E-state index contributed by atoms with van der Waals surface area (Å²) in [5.74, 6) is -0.0390. The first kappa shape index (κ1) is 15.6. The third-order valence-electron chi connectivity index (χ3n) is 2.77. The van der Waals surface area contributed by atoms with Crippen LogP contribution >= 0.6 is 39.1 Å². The monoisotopic (exact) mass is 353 g/mol. The van der Waals surface area contributed by atoms with Crippen molar-refractivity contribution >= 4 is 45.0 Å². The summed E-state index contributed by atoms with van der Waals surface area (Å²) in [7, 11) is 0. The van der Waals surface area contributed by atoms with Gasteiger partial charge in [-0.2, -0.15) is 0 Å². The minimum absolute atomic E-state index is 0.0788. The minimum Gasteiger partial charge on any atom is -0.507 e. The number of carbonyl (C=O) groups is 1. The van der Waals surface area contributed by atoms with E-state index in [1.807, 2.05) is 6.92 Å². The molecule has 0 aliphatic heterocycles. The molecule has 100 valence electrons. The molecule has 0 heterocycles. The van der Waals surface area contributed by atoms with E-state index in [4.69, 9.17) is 23.2 Å². The highest BCUT2D eigenvalue weighted by atomic mass is 79.9. The van der Waals surface area contributed by atoms with Gasteiger partial charge in [0, 0.05) is 16.2 Å². The summed E-state index contributed by atoms with van der Waals surface area (Å²) in [6.07, 6.45) is 0.612. The van der Waals surface area contributed by atoms with Crippen molar-refractivity contribution in [3.05, 3.63) is 28.2 Å². The first-order valence-corrected chi connectivity index (χ1v) is 7.27. The molecule has 0 radical (unpaired) electrons. The van der Waals surface area contributed by atoms with Crippen molar-refractivity contribution in [2.24, 2.45) is 0 Å². The van der Waals surface area contributed by atoms with Gasteiger partial charge in [0.2, 0.25) is 0 Å². The Bertz CT molecular complexity index is 428. The largest absolute Gasteiger partial charge is 0.507 e. The Kier molecular flexibility index (Phi) is 5.76. The molecule has 6 heteroatoms. The van der Waals surface area contributed by atoms with Crippen molar-refractivity contribution in [2.75, 3.05) is 11.8 Å². The van der Waals surface area contributed by atoms with Crippen molar-refractivity contribution in [3.8, 4) is 5.75 Å². The molecule has 0 unspecified atom stereocenters. The molecule has 0 fully saturated rings. The van der Waals surface area contributed by atoms with E-state index in [0.29, 0.717) is 10.9 Å². The van der Waals surface area contributed by atoms with Gasteiger partial charge in [-0.1, -0.05) is 22.9 Å². The van der Waals surface area contributed by atoms with E-state index in [1.54, 1.807) is 12.1 Å². The molecular formula is C12H14BrCl2NO2. The van der Waals surface area contributed by atoms with Crippen molar-refractivity contribution in [1.82, 2.24) is 5.32 Å². The minimum atomic E-state index is -0.658. The van der Waals surface area contributed by atoms with Crippen LogP contribution in [0.3, 0.4) is 0 Å². The van der Waals surface area contributed by atoms with Gasteiger partial charge in [-0.15, -0.1) is 23.2 Å². The second-order valence-corrected chi connectivity index (χ2v) is 5.47. The van der Waals surface area contributed by atoms with E-state index in [2.05, 4.69) is 21.2 Å². The van der Waals surface area contributed by atoms with Gasteiger partial charge >= 0.3 is 0 Å². The summed E-state index contributed by atoms with van der Waals surface area (Å²) in [5.41, 5.74) is -0.466. The second-order valence-electron chi connectivity index (χ2n) is 4.02. The van der Waals surface area contributed by atoms with Crippen LogP contribution in [0.1, 0.15) is 23.7 Å². The predicted molar refractivity (Wildman–Crippen MR) is 77.7 cm³/mol. The second kappa shape index (κ2) is 6.64.